The van der Waals surface area contributed by atoms with Crippen LogP contribution in [0, 0.1) is 39.4 Å². The van der Waals surface area contributed by atoms with E-state index in [1.165, 1.54) is 39.0 Å². The van der Waals surface area contributed by atoms with Crippen molar-refractivity contribution in [3.63, 3.8) is 0 Å². The van der Waals surface area contributed by atoms with Crippen LogP contribution in [0.2, 0.25) is 0 Å². The second-order valence-corrected chi connectivity index (χ2v) is 12.8. The number of ether oxygens (including phenoxy) is 2. The molecule has 7 atom stereocenters. The fourth-order valence-corrected chi connectivity index (χ4v) is 9.90. The quantitative estimate of drug-likeness (QED) is 0.492. The van der Waals surface area contributed by atoms with E-state index in [0.717, 1.165) is 30.4 Å². The Kier molecular flexibility index (Phi) is 4.59. The van der Waals surface area contributed by atoms with Gasteiger partial charge in [0.2, 0.25) is 0 Å². The number of hydrogen-bond acceptors (Lipinski definition) is 4. The molecule has 0 unspecified atom stereocenters. The summed E-state index contributed by atoms with van der Waals surface area (Å²) >= 11 is 0. The van der Waals surface area contributed by atoms with Gasteiger partial charge in [-0.15, -0.1) is 0 Å². The van der Waals surface area contributed by atoms with Crippen molar-refractivity contribution in [2.24, 2.45) is 39.4 Å². The van der Waals surface area contributed by atoms with Crippen molar-refractivity contribution < 1.29 is 19.1 Å². The maximum atomic E-state index is 12.9. The van der Waals surface area contributed by atoms with E-state index in [0.29, 0.717) is 29.8 Å². The van der Waals surface area contributed by atoms with Gasteiger partial charge in [-0.2, -0.15) is 0 Å². The Hall–Kier alpha value is -1.32. The van der Waals surface area contributed by atoms with Crippen LogP contribution in [0.15, 0.2) is 11.1 Å². The topological polar surface area (TPSA) is 52.6 Å². The molecule has 4 heteroatoms. The van der Waals surface area contributed by atoms with E-state index < -0.39 is 5.41 Å². The van der Waals surface area contributed by atoms with Gasteiger partial charge in [-0.1, -0.05) is 41.0 Å². The lowest BCUT2D eigenvalue weighted by molar-refractivity contribution is -0.225. The number of fused-ring (bicyclic) bond motifs is 6. The van der Waals surface area contributed by atoms with Crippen LogP contribution in [0.3, 0.4) is 0 Å². The molecule has 4 aliphatic carbocycles. The highest BCUT2D eigenvalue weighted by Gasteiger charge is 2.69. The van der Waals surface area contributed by atoms with Gasteiger partial charge in [0.1, 0.15) is 12.7 Å². The van der Waals surface area contributed by atoms with E-state index in [1.54, 1.807) is 0 Å². The van der Waals surface area contributed by atoms with E-state index in [2.05, 4.69) is 34.6 Å². The van der Waals surface area contributed by atoms with Gasteiger partial charge < -0.3 is 9.47 Å². The first-order chi connectivity index (χ1) is 14.4. The summed E-state index contributed by atoms with van der Waals surface area (Å²) in [6.45, 7) is 14.2. The largest absolute Gasteiger partial charge is 0.462 e. The maximum absolute atomic E-state index is 12.9. The van der Waals surface area contributed by atoms with Crippen molar-refractivity contribution >= 4 is 11.9 Å². The zero-order chi connectivity index (χ0) is 22.4. The Bertz CT molecular complexity index is 855. The minimum atomic E-state index is -0.439. The van der Waals surface area contributed by atoms with Crippen LogP contribution in [0.4, 0.5) is 0 Å². The van der Waals surface area contributed by atoms with Gasteiger partial charge >= 0.3 is 11.9 Å². The summed E-state index contributed by atoms with van der Waals surface area (Å²) in [5, 5.41) is 0. The molecular weight excluding hydrogens is 388 g/mol. The Morgan fingerprint density at radius 3 is 2.39 bits per heavy atom. The summed E-state index contributed by atoms with van der Waals surface area (Å²) in [7, 11) is 0. The van der Waals surface area contributed by atoms with Crippen molar-refractivity contribution in [1.82, 2.24) is 0 Å². The number of cyclic esters (lactones) is 1. The smallest absolute Gasteiger partial charge is 0.335 e. The van der Waals surface area contributed by atoms with Gasteiger partial charge in [0.05, 0.1) is 0 Å². The molecule has 1 heterocycles. The van der Waals surface area contributed by atoms with Gasteiger partial charge in [0, 0.05) is 17.9 Å². The van der Waals surface area contributed by atoms with Crippen molar-refractivity contribution in [2.45, 2.75) is 99.0 Å². The van der Waals surface area contributed by atoms with Gasteiger partial charge in [-0.25, -0.2) is 4.79 Å². The molecule has 4 nitrogen and oxygen atoms in total. The lowest BCUT2D eigenvalue weighted by Crippen LogP contribution is -2.66. The summed E-state index contributed by atoms with van der Waals surface area (Å²) in [6, 6.07) is 0. The molecule has 0 aromatic rings. The predicted molar refractivity (Wildman–Crippen MR) is 119 cm³/mol. The van der Waals surface area contributed by atoms with Gasteiger partial charge in [-0.05, 0) is 84.5 Å². The predicted octanol–water partition coefficient (Wildman–Crippen LogP) is 5.84. The highest BCUT2D eigenvalue weighted by atomic mass is 16.5. The minimum Gasteiger partial charge on any atom is -0.462 e. The number of rotatable bonds is 1. The average Bonchev–Trinajstić information content (AvgIpc) is 3.04. The van der Waals surface area contributed by atoms with E-state index in [1.807, 2.05) is 0 Å². The summed E-state index contributed by atoms with van der Waals surface area (Å²) in [6.07, 6.45) is 9.00. The van der Waals surface area contributed by atoms with Crippen LogP contribution in [-0.4, -0.2) is 24.6 Å². The lowest BCUT2D eigenvalue weighted by Gasteiger charge is -2.70. The first-order valence-corrected chi connectivity index (χ1v) is 12.5. The standard InChI is InChI=1S/C27H40O4/c1-16(28)31-21-14-20-25(4)12-7-11-24(2,3)18(25)10-13-26(20,5)19-9-8-17-15-30-23(29)22(17)27(19,21)6/h18-21H,7-15H2,1-6H3/t18-,19-,20+,21-,25-,26-,27+/m0/s1. The Balaban J connectivity index is 1.64. The fraction of sp³-hybridized carbons (Fsp3) is 0.852. The molecular formula is C27H40O4. The highest BCUT2D eigenvalue weighted by molar-refractivity contribution is 5.94. The second-order valence-electron chi connectivity index (χ2n) is 12.8. The number of esters is 2. The molecule has 3 saturated carbocycles. The molecule has 0 aromatic heterocycles. The van der Waals surface area contributed by atoms with E-state index in [4.69, 9.17) is 9.47 Å². The van der Waals surface area contributed by atoms with Crippen LogP contribution in [0.5, 0.6) is 0 Å². The third kappa shape index (κ3) is 2.72. The molecule has 0 aromatic carbocycles. The third-order valence-corrected chi connectivity index (χ3v) is 11.0. The molecule has 0 bridgehead atoms. The van der Waals surface area contributed by atoms with E-state index in [-0.39, 0.29) is 28.9 Å². The fourth-order valence-electron chi connectivity index (χ4n) is 9.90. The van der Waals surface area contributed by atoms with E-state index in [9.17, 15) is 9.59 Å². The first-order valence-electron chi connectivity index (χ1n) is 12.5. The second kappa shape index (κ2) is 6.60. The van der Waals surface area contributed by atoms with Crippen LogP contribution in [0.25, 0.3) is 0 Å². The number of carbonyl (C=O) groups excluding carboxylic acids is 2. The molecule has 31 heavy (non-hydrogen) atoms. The summed E-state index contributed by atoms with van der Waals surface area (Å²) in [4.78, 5) is 25.2. The maximum Gasteiger partial charge on any atom is 0.335 e. The third-order valence-electron chi connectivity index (χ3n) is 11.0. The number of hydrogen-bond donors (Lipinski definition) is 0. The van der Waals surface area contributed by atoms with Crippen LogP contribution >= 0.6 is 0 Å². The lowest BCUT2D eigenvalue weighted by atomic mass is 9.35. The molecule has 0 N–H and O–H groups in total. The summed E-state index contributed by atoms with van der Waals surface area (Å²) in [5.74, 6) is 1.17. The molecule has 0 amide bonds. The van der Waals surface area contributed by atoms with Crippen molar-refractivity contribution in [1.29, 1.82) is 0 Å². The molecule has 0 saturated heterocycles. The molecule has 0 spiro atoms. The van der Waals surface area contributed by atoms with Gasteiger partial charge in [-0.3, -0.25) is 4.79 Å². The Labute approximate surface area is 187 Å². The van der Waals surface area contributed by atoms with Crippen molar-refractivity contribution in [3.8, 4) is 0 Å². The molecule has 0 radical (unpaired) electrons. The summed E-state index contributed by atoms with van der Waals surface area (Å²) < 4.78 is 11.6. The van der Waals surface area contributed by atoms with Gasteiger partial charge in [0.25, 0.3) is 0 Å². The highest BCUT2D eigenvalue weighted by Crippen LogP contribution is 2.73. The van der Waals surface area contributed by atoms with Crippen LogP contribution in [-0.2, 0) is 19.1 Å². The summed E-state index contributed by atoms with van der Waals surface area (Å²) in [5.41, 5.74) is 2.35. The van der Waals surface area contributed by atoms with Crippen molar-refractivity contribution in [3.05, 3.63) is 11.1 Å². The Morgan fingerprint density at radius 2 is 1.68 bits per heavy atom. The number of carbonyl (C=O) groups is 2. The average molecular weight is 429 g/mol. The molecule has 5 aliphatic rings. The van der Waals surface area contributed by atoms with E-state index >= 15 is 0 Å². The minimum absolute atomic E-state index is 0.158. The Morgan fingerprint density at radius 1 is 0.968 bits per heavy atom. The molecule has 1 aliphatic heterocycles. The molecule has 5 rings (SSSR count). The zero-order valence-electron chi connectivity index (χ0n) is 20.3. The van der Waals surface area contributed by atoms with Gasteiger partial charge in [0.15, 0.2) is 0 Å². The van der Waals surface area contributed by atoms with Crippen LogP contribution in [0.1, 0.15) is 92.9 Å². The molecule has 3 fully saturated rings. The SMILES string of the molecule is CC(=O)O[C@H]1C[C@@H]2[C@@]3(C)CCCC(C)(C)[C@@H]3CC[C@@]2(C)[C@@H]2CCC3=C(C(=O)OC3)[C@@]12C. The first kappa shape index (κ1) is 21.5. The zero-order valence-corrected chi connectivity index (χ0v) is 20.3. The molecule has 172 valence electrons. The monoisotopic (exact) mass is 428 g/mol. The van der Waals surface area contributed by atoms with Crippen molar-refractivity contribution in [2.75, 3.05) is 6.61 Å². The normalized spacial score (nSPS) is 48.1. The van der Waals surface area contributed by atoms with Crippen LogP contribution < -0.4 is 0 Å².